The Kier molecular flexibility index (Phi) is 3.01. The van der Waals surface area contributed by atoms with Crippen molar-refractivity contribution in [3.63, 3.8) is 0 Å². The van der Waals surface area contributed by atoms with Crippen LogP contribution in [0.15, 0.2) is 15.6 Å². The third-order valence-electron chi connectivity index (χ3n) is 1.68. The number of aryl methyl sites for hydroxylation is 1. The number of oxazole rings is 1. The fourth-order valence-corrected chi connectivity index (χ4v) is 0.954. The topological polar surface area (TPSA) is 38.4 Å². The lowest BCUT2D eigenvalue weighted by atomic mass is 10.2. The van der Waals surface area contributed by atoms with Crippen LogP contribution in [0.25, 0.3) is 6.08 Å². The first-order chi connectivity index (χ1) is 6.15. The van der Waals surface area contributed by atoms with Gasteiger partial charge in [0, 0.05) is 12.1 Å². The normalized spacial score (nSPS) is 11.4. The predicted octanol–water partition coefficient (Wildman–Crippen LogP) is 2.78. The molecule has 0 aliphatic carbocycles. The monoisotopic (exact) mass is 178 g/mol. The van der Waals surface area contributed by atoms with E-state index < -0.39 is 0 Å². The van der Waals surface area contributed by atoms with Crippen LogP contribution in [-0.4, -0.2) is 11.7 Å². The van der Waals surface area contributed by atoms with Gasteiger partial charge < -0.3 is 4.42 Å². The molecule has 13 heavy (non-hydrogen) atoms. The second-order valence-corrected chi connectivity index (χ2v) is 3.15. The third-order valence-corrected chi connectivity index (χ3v) is 1.68. The Morgan fingerprint density at radius 1 is 1.54 bits per heavy atom. The predicted molar refractivity (Wildman–Crippen MR) is 53.9 cm³/mol. The van der Waals surface area contributed by atoms with E-state index in [1.807, 2.05) is 20.8 Å². The van der Waals surface area contributed by atoms with E-state index in [0.717, 1.165) is 17.3 Å². The minimum atomic E-state index is 0.317. The summed E-state index contributed by atoms with van der Waals surface area (Å²) in [7, 11) is 0. The standard InChI is InChI=1S/C10H14N2O/c1-7(2)10-12-9(5-6-11-4)8(3)13-10/h5-7H,4H2,1-3H3/b6-5-. The average Bonchev–Trinajstić information content (AvgIpc) is 2.44. The summed E-state index contributed by atoms with van der Waals surface area (Å²) in [5.74, 6) is 1.90. The minimum Gasteiger partial charge on any atom is -0.445 e. The number of hydrogen-bond acceptors (Lipinski definition) is 3. The van der Waals surface area contributed by atoms with Crippen molar-refractivity contribution in [2.75, 3.05) is 0 Å². The highest BCUT2D eigenvalue weighted by Gasteiger charge is 2.09. The van der Waals surface area contributed by atoms with E-state index in [9.17, 15) is 0 Å². The molecule has 0 fully saturated rings. The van der Waals surface area contributed by atoms with Gasteiger partial charge >= 0.3 is 0 Å². The van der Waals surface area contributed by atoms with Crippen LogP contribution in [0.5, 0.6) is 0 Å². The van der Waals surface area contributed by atoms with Crippen LogP contribution in [0.2, 0.25) is 0 Å². The molecule has 3 nitrogen and oxygen atoms in total. The van der Waals surface area contributed by atoms with E-state index in [0.29, 0.717) is 5.92 Å². The van der Waals surface area contributed by atoms with Gasteiger partial charge in [0.05, 0.1) is 0 Å². The first kappa shape index (κ1) is 9.71. The lowest BCUT2D eigenvalue weighted by Gasteiger charge is -1.93. The molecule has 0 amide bonds. The Hall–Kier alpha value is -1.38. The molecule has 0 saturated carbocycles. The summed E-state index contributed by atoms with van der Waals surface area (Å²) in [4.78, 5) is 7.92. The van der Waals surface area contributed by atoms with E-state index in [1.165, 1.54) is 0 Å². The Bertz CT molecular complexity index is 324. The van der Waals surface area contributed by atoms with Crippen LogP contribution in [0.4, 0.5) is 0 Å². The van der Waals surface area contributed by atoms with E-state index in [4.69, 9.17) is 4.42 Å². The lowest BCUT2D eigenvalue weighted by molar-refractivity contribution is 0.450. The van der Waals surface area contributed by atoms with Gasteiger partial charge in [-0.05, 0) is 19.7 Å². The molecule has 3 heteroatoms. The van der Waals surface area contributed by atoms with Crippen molar-refractivity contribution in [1.82, 2.24) is 4.98 Å². The Morgan fingerprint density at radius 3 is 2.69 bits per heavy atom. The zero-order valence-electron chi connectivity index (χ0n) is 8.24. The molecule has 1 aromatic heterocycles. The Labute approximate surface area is 78.2 Å². The van der Waals surface area contributed by atoms with Gasteiger partial charge in [-0.1, -0.05) is 13.8 Å². The molecule has 0 aliphatic heterocycles. The summed E-state index contributed by atoms with van der Waals surface area (Å²) in [6.07, 6.45) is 3.40. The Balaban J connectivity index is 2.96. The fourth-order valence-electron chi connectivity index (χ4n) is 0.954. The van der Waals surface area contributed by atoms with Crippen LogP contribution in [0, 0.1) is 6.92 Å². The van der Waals surface area contributed by atoms with Gasteiger partial charge in [0.2, 0.25) is 0 Å². The van der Waals surface area contributed by atoms with Crippen molar-refractivity contribution in [2.24, 2.45) is 4.99 Å². The molecule has 0 bridgehead atoms. The molecule has 1 rings (SSSR count). The number of nitrogens with zero attached hydrogens (tertiary/aromatic N) is 2. The largest absolute Gasteiger partial charge is 0.445 e. The average molecular weight is 178 g/mol. The van der Waals surface area contributed by atoms with Gasteiger partial charge in [0.25, 0.3) is 0 Å². The molecule has 0 unspecified atom stereocenters. The molecule has 0 N–H and O–H groups in total. The minimum absolute atomic E-state index is 0.317. The third kappa shape index (κ3) is 2.28. The smallest absolute Gasteiger partial charge is 0.197 e. The van der Waals surface area contributed by atoms with Gasteiger partial charge in [-0.25, -0.2) is 4.98 Å². The zero-order chi connectivity index (χ0) is 9.84. The molecule has 0 aromatic carbocycles. The summed E-state index contributed by atoms with van der Waals surface area (Å²) in [5, 5.41) is 0. The molecular formula is C10H14N2O. The van der Waals surface area contributed by atoms with Gasteiger partial charge in [-0.3, -0.25) is 4.99 Å². The van der Waals surface area contributed by atoms with Crippen molar-refractivity contribution in [3.8, 4) is 0 Å². The first-order valence-electron chi connectivity index (χ1n) is 4.25. The van der Waals surface area contributed by atoms with Crippen LogP contribution in [-0.2, 0) is 0 Å². The second-order valence-electron chi connectivity index (χ2n) is 3.15. The van der Waals surface area contributed by atoms with Crippen molar-refractivity contribution < 1.29 is 4.42 Å². The number of rotatable bonds is 3. The van der Waals surface area contributed by atoms with Crippen LogP contribution in [0.1, 0.15) is 37.1 Å². The molecule has 0 aliphatic rings. The molecular weight excluding hydrogens is 164 g/mol. The molecule has 0 saturated heterocycles. The molecule has 0 atom stereocenters. The highest BCUT2D eigenvalue weighted by atomic mass is 16.4. The van der Waals surface area contributed by atoms with Gasteiger partial charge in [0.1, 0.15) is 11.5 Å². The number of hydrogen-bond donors (Lipinski definition) is 0. The summed E-state index contributed by atoms with van der Waals surface area (Å²) in [6.45, 7) is 9.33. The van der Waals surface area contributed by atoms with Crippen LogP contribution >= 0.6 is 0 Å². The maximum absolute atomic E-state index is 5.45. The van der Waals surface area contributed by atoms with Crippen LogP contribution < -0.4 is 0 Å². The van der Waals surface area contributed by atoms with Gasteiger partial charge in [-0.15, -0.1) is 0 Å². The van der Waals surface area contributed by atoms with Crippen molar-refractivity contribution >= 4 is 12.8 Å². The highest BCUT2D eigenvalue weighted by molar-refractivity contribution is 5.47. The van der Waals surface area contributed by atoms with Crippen molar-refractivity contribution in [2.45, 2.75) is 26.7 Å². The summed E-state index contributed by atoms with van der Waals surface area (Å²) < 4.78 is 5.45. The molecule has 70 valence electrons. The summed E-state index contributed by atoms with van der Waals surface area (Å²) >= 11 is 0. The summed E-state index contributed by atoms with van der Waals surface area (Å²) in [6, 6.07) is 0. The molecule has 1 heterocycles. The van der Waals surface area contributed by atoms with Gasteiger partial charge in [-0.2, -0.15) is 0 Å². The van der Waals surface area contributed by atoms with E-state index >= 15 is 0 Å². The first-order valence-corrected chi connectivity index (χ1v) is 4.25. The zero-order valence-corrected chi connectivity index (χ0v) is 8.24. The second kappa shape index (κ2) is 4.03. The molecule has 0 radical (unpaired) electrons. The maximum atomic E-state index is 5.45. The SMILES string of the molecule is C=N/C=C\c1nc(C(C)C)oc1C. The van der Waals surface area contributed by atoms with Crippen LogP contribution in [0.3, 0.4) is 0 Å². The van der Waals surface area contributed by atoms with Gasteiger partial charge in [0.15, 0.2) is 5.89 Å². The lowest BCUT2D eigenvalue weighted by Crippen LogP contribution is -1.85. The Morgan fingerprint density at radius 2 is 2.23 bits per heavy atom. The van der Waals surface area contributed by atoms with E-state index in [2.05, 4.69) is 16.7 Å². The van der Waals surface area contributed by atoms with E-state index in [-0.39, 0.29) is 0 Å². The molecule has 1 aromatic rings. The highest BCUT2D eigenvalue weighted by Crippen LogP contribution is 2.18. The molecule has 0 spiro atoms. The maximum Gasteiger partial charge on any atom is 0.197 e. The summed E-state index contributed by atoms with van der Waals surface area (Å²) in [5.41, 5.74) is 0.830. The number of aromatic nitrogens is 1. The van der Waals surface area contributed by atoms with E-state index in [1.54, 1.807) is 12.3 Å². The number of aliphatic imine (C=N–C) groups is 1. The quantitative estimate of drug-likeness (QED) is 0.667. The van der Waals surface area contributed by atoms with Crippen molar-refractivity contribution in [3.05, 3.63) is 23.5 Å². The fraction of sp³-hybridized carbons (Fsp3) is 0.400. The van der Waals surface area contributed by atoms with Crippen molar-refractivity contribution in [1.29, 1.82) is 0 Å².